The number of carbonyl (C=O) groups excluding carboxylic acids is 1. The minimum Gasteiger partial charge on any atom is -0.484 e. The van der Waals surface area contributed by atoms with Crippen LogP contribution in [0.5, 0.6) is 5.75 Å². The van der Waals surface area contributed by atoms with Crippen molar-refractivity contribution in [1.82, 2.24) is 15.1 Å². The second kappa shape index (κ2) is 6.81. The Morgan fingerprint density at radius 1 is 1.26 bits per heavy atom. The normalized spacial score (nSPS) is 21.2. The summed E-state index contributed by atoms with van der Waals surface area (Å²) in [7, 11) is 0. The molecule has 0 spiro atoms. The van der Waals surface area contributed by atoms with Crippen molar-refractivity contribution in [3.63, 3.8) is 0 Å². The minimum atomic E-state index is 0.0469. The molecule has 3 rings (SSSR count). The van der Waals surface area contributed by atoms with Crippen molar-refractivity contribution in [3.05, 3.63) is 30.7 Å². The molecule has 2 aromatic rings. The molecule has 6 nitrogen and oxygen atoms in total. The van der Waals surface area contributed by atoms with Gasteiger partial charge in [0.2, 0.25) is 12.3 Å². The van der Waals surface area contributed by atoms with Gasteiger partial charge in [0.05, 0.1) is 0 Å². The number of nitrogens with zero attached hydrogens (tertiary/aromatic N) is 3. The van der Waals surface area contributed by atoms with Crippen molar-refractivity contribution in [1.29, 1.82) is 0 Å². The molecular formula is C17H21N3O3. The Hall–Kier alpha value is -2.37. The topological polar surface area (TPSA) is 68.5 Å². The van der Waals surface area contributed by atoms with Gasteiger partial charge in [-0.15, -0.1) is 10.2 Å². The molecule has 1 amide bonds. The predicted octanol–water partition coefficient (Wildman–Crippen LogP) is 2.90. The van der Waals surface area contributed by atoms with E-state index in [4.69, 9.17) is 9.15 Å². The monoisotopic (exact) mass is 315 g/mol. The third kappa shape index (κ3) is 3.52. The molecule has 23 heavy (non-hydrogen) atoms. The molecule has 122 valence electrons. The van der Waals surface area contributed by atoms with Crippen LogP contribution in [0.25, 0.3) is 11.5 Å². The molecule has 1 saturated heterocycles. The highest BCUT2D eigenvalue weighted by Gasteiger charge is 2.28. The van der Waals surface area contributed by atoms with Gasteiger partial charge in [-0.2, -0.15) is 0 Å². The van der Waals surface area contributed by atoms with E-state index < -0.39 is 0 Å². The first-order chi connectivity index (χ1) is 11.1. The van der Waals surface area contributed by atoms with Gasteiger partial charge in [0.15, 0.2) is 6.61 Å². The van der Waals surface area contributed by atoms with Crippen LogP contribution in [0.3, 0.4) is 0 Å². The summed E-state index contributed by atoms with van der Waals surface area (Å²) in [6.07, 6.45) is 4.60. The zero-order valence-electron chi connectivity index (χ0n) is 13.4. The first kappa shape index (κ1) is 15.5. The van der Waals surface area contributed by atoms with Gasteiger partial charge < -0.3 is 14.1 Å². The van der Waals surface area contributed by atoms with Crippen LogP contribution in [0.15, 0.2) is 35.1 Å². The lowest BCUT2D eigenvalue weighted by Crippen LogP contribution is -2.49. The van der Waals surface area contributed by atoms with Crippen molar-refractivity contribution in [2.75, 3.05) is 6.61 Å². The van der Waals surface area contributed by atoms with Crippen molar-refractivity contribution >= 4 is 5.91 Å². The molecule has 1 fully saturated rings. The molecule has 0 aliphatic carbocycles. The molecule has 1 aromatic carbocycles. The van der Waals surface area contributed by atoms with E-state index in [1.807, 2.05) is 17.0 Å². The smallest absolute Gasteiger partial charge is 0.260 e. The van der Waals surface area contributed by atoms with Crippen LogP contribution < -0.4 is 4.74 Å². The zero-order valence-corrected chi connectivity index (χ0v) is 13.4. The van der Waals surface area contributed by atoms with E-state index in [1.54, 1.807) is 12.1 Å². The maximum atomic E-state index is 12.4. The lowest BCUT2D eigenvalue weighted by Gasteiger charge is -2.38. The summed E-state index contributed by atoms with van der Waals surface area (Å²) in [5.41, 5.74) is 0.819. The lowest BCUT2D eigenvalue weighted by atomic mass is 9.97. The van der Waals surface area contributed by atoms with Crippen LogP contribution in [0, 0.1) is 0 Å². The molecule has 0 N–H and O–H groups in total. The Balaban J connectivity index is 1.58. The fraction of sp³-hybridized carbons (Fsp3) is 0.471. The second-order valence-electron chi connectivity index (χ2n) is 5.99. The Kier molecular flexibility index (Phi) is 4.60. The fourth-order valence-corrected chi connectivity index (χ4v) is 3.13. The lowest BCUT2D eigenvalue weighted by molar-refractivity contribution is -0.139. The highest BCUT2D eigenvalue weighted by atomic mass is 16.5. The number of piperidine rings is 1. The Labute approximate surface area is 135 Å². The van der Waals surface area contributed by atoms with Crippen molar-refractivity contribution in [3.8, 4) is 17.2 Å². The van der Waals surface area contributed by atoms with E-state index in [9.17, 15) is 4.79 Å². The third-order valence-corrected chi connectivity index (χ3v) is 4.31. The van der Waals surface area contributed by atoms with E-state index >= 15 is 0 Å². The van der Waals surface area contributed by atoms with E-state index in [-0.39, 0.29) is 24.6 Å². The number of likely N-dealkylation sites (tertiary alicyclic amines) is 1. The van der Waals surface area contributed by atoms with E-state index in [2.05, 4.69) is 24.0 Å². The predicted molar refractivity (Wildman–Crippen MR) is 84.9 cm³/mol. The number of carbonyl (C=O) groups is 1. The molecule has 0 bridgehead atoms. The Morgan fingerprint density at radius 2 is 1.96 bits per heavy atom. The number of aromatic nitrogens is 2. The maximum Gasteiger partial charge on any atom is 0.260 e. The third-order valence-electron chi connectivity index (χ3n) is 4.31. The van der Waals surface area contributed by atoms with Gasteiger partial charge in [0.1, 0.15) is 5.75 Å². The van der Waals surface area contributed by atoms with Gasteiger partial charge in [-0.3, -0.25) is 4.79 Å². The molecule has 6 heteroatoms. The second-order valence-corrected chi connectivity index (χ2v) is 5.99. The minimum absolute atomic E-state index is 0.0469. The molecule has 2 heterocycles. The average molecular weight is 315 g/mol. The fourth-order valence-electron chi connectivity index (χ4n) is 3.13. The highest BCUT2D eigenvalue weighted by Crippen LogP contribution is 2.23. The first-order valence-corrected chi connectivity index (χ1v) is 7.95. The molecule has 0 radical (unpaired) electrons. The standard InChI is InChI=1S/C17H21N3O3/c1-12-4-3-5-13(2)20(12)16(21)10-22-15-8-6-14(7-9-15)17-19-18-11-23-17/h6-9,11-13H,3-5,10H2,1-2H3/t12-,13-/m1/s1. The van der Waals surface area contributed by atoms with Crippen LogP contribution in [0.2, 0.25) is 0 Å². The Bertz CT molecular complexity index is 630. The number of hydrogen-bond donors (Lipinski definition) is 0. The van der Waals surface area contributed by atoms with Gasteiger partial charge in [-0.1, -0.05) is 0 Å². The summed E-state index contributed by atoms with van der Waals surface area (Å²) >= 11 is 0. The van der Waals surface area contributed by atoms with Gasteiger partial charge in [0.25, 0.3) is 5.91 Å². The quantitative estimate of drug-likeness (QED) is 0.867. The van der Waals surface area contributed by atoms with Crippen LogP contribution in [0.1, 0.15) is 33.1 Å². The molecule has 0 unspecified atom stereocenters. The molecule has 2 atom stereocenters. The van der Waals surface area contributed by atoms with Gasteiger partial charge in [-0.25, -0.2) is 0 Å². The van der Waals surface area contributed by atoms with Gasteiger partial charge >= 0.3 is 0 Å². The summed E-state index contributed by atoms with van der Waals surface area (Å²) in [5, 5.41) is 7.50. The number of amides is 1. The molecule has 1 aliphatic heterocycles. The van der Waals surface area contributed by atoms with Crippen LogP contribution >= 0.6 is 0 Å². The molecule has 1 aromatic heterocycles. The van der Waals surface area contributed by atoms with Crippen LogP contribution in [0.4, 0.5) is 0 Å². The Morgan fingerprint density at radius 3 is 2.57 bits per heavy atom. The molecule has 0 saturated carbocycles. The SMILES string of the molecule is C[C@@H]1CCC[C@@H](C)N1C(=O)COc1ccc(-c2nnco2)cc1. The van der Waals surface area contributed by atoms with Crippen molar-refractivity contribution in [2.24, 2.45) is 0 Å². The van der Waals surface area contributed by atoms with Crippen LogP contribution in [-0.4, -0.2) is 39.7 Å². The number of benzene rings is 1. The van der Waals surface area contributed by atoms with E-state index in [1.165, 1.54) is 12.8 Å². The summed E-state index contributed by atoms with van der Waals surface area (Å²) < 4.78 is 10.8. The highest BCUT2D eigenvalue weighted by molar-refractivity contribution is 5.78. The maximum absolute atomic E-state index is 12.4. The largest absolute Gasteiger partial charge is 0.484 e. The number of hydrogen-bond acceptors (Lipinski definition) is 5. The van der Waals surface area contributed by atoms with Crippen molar-refractivity contribution < 1.29 is 13.9 Å². The number of rotatable bonds is 4. The summed E-state index contributed by atoms with van der Waals surface area (Å²) in [6, 6.07) is 7.84. The van der Waals surface area contributed by atoms with Gasteiger partial charge in [-0.05, 0) is 57.4 Å². The van der Waals surface area contributed by atoms with Crippen molar-refractivity contribution in [2.45, 2.75) is 45.2 Å². The number of ether oxygens (including phenoxy) is 1. The first-order valence-electron chi connectivity index (χ1n) is 7.95. The molecular weight excluding hydrogens is 294 g/mol. The summed E-state index contributed by atoms with van der Waals surface area (Å²) in [6.45, 7) is 4.27. The zero-order chi connectivity index (χ0) is 16.2. The summed E-state index contributed by atoms with van der Waals surface area (Å²) in [5.74, 6) is 1.16. The van der Waals surface area contributed by atoms with Crippen LogP contribution in [-0.2, 0) is 4.79 Å². The van der Waals surface area contributed by atoms with Gasteiger partial charge in [0, 0.05) is 17.6 Å². The summed E-state index contributed by atoms with van der Waals surface area (Å²) in [4.78, 5) is 14.4. The average Bonchev–Trinajstić information content (AvgIpc) is 3.08. The molecule has 1 aliphatic rings. The van der Waals surface area contributed by atoms with E-state index in [0.717, 1.165) is 18.4 Å². The van der Waals surface area contributed by atoms with E-state index in [0.29, 0.717) is 11.6 Å².